The number of carbonyl (C=O) groups is 4. The number of amides is 4. The minimum absolute atomic E-state index is 0.0414. The van der Waals surface area contributed by atoms with Gasteiger partial charge in [0.1, 0.15) is 0 Å². The summed E-state index contributed by atoms with van der Waals surface area (Å²) in [5.74, 6) is -0.0526. The zero-order chi connectivity index (χ0) is 27.7. The molecule has 1 aliphatic heterocycles. The van der Waals surface area contributed by atoms with Gasteiger partial charge in [0.25, 0.3) is 0 Å². The Labute approximate surface area is 224 Å². The smallest absolute Gasteiger partial charge is 0.407 e. The third-order valence-corrected chi connectivity index (χ3v) is 7.08. The van der Waals surface area contributed by atoms with Crippen LogP contribution in [0.1, 0.15) is 35.9 Å². The van der Waals surface area contributed by atoms with Crippen LogP contribution in [-0.2, 0) is 29.0 Å². The third kappa shape index (κ3) is 8.88. The van der Waals surface area contributed by atoms with Crippen LogP contribution in [0.25, 0.3) is 0 Å². The molecule has 1 aromatic carbocycles. The van der Waals surface area contributed by atoms with E-state index >= 15 is 0 Å². The Hall–Kier alpha value is -3.91. The number of hydrogen-bond donors (Lipinski definition) is 7. The van der Waals surface area contributed by atoms with Gasteiger partial charge in [0.2, 0.25) is 11.8 Å². The Morgan fingerprint density at radius 2 is 1.68 bits per heavy atom. The average Bonchev–Trinajstić information content (AvgIpc) is 3.22. The van der Waals surface area contributed by atoms with Gasteiger partial charge in [-0.25, -0.2) is 14.6 Å². The highest BCUT2D eigenvalue weighted by Crippen LogP contribution is 2.28. The number of anilines is 2. The van der Waals surface area contributed by atoms with Crippen molar-refractivity contribution in [3.05, 3.63) is 40.4 Å². The molecule has 14 heteroatoms. The molecule has 0 spiro atoms. The number of nitrogens with zero attached hydrogens (tertiary/aromatic N) is 2. The minimum atomic E-state index is -1.37. The van der Waals surface area contributed by atoms with Gasteiger partial charge in [-0.1, -0.05) is 12.1 Å². The van der Waals surface area contributed by atoms with Gasteiger partial charge in [0, 0.05) is 37.0 Å². The lowest BCUT2D eigenvalue weighted by atomic mass is 9.96. The number of aromatic nitrogens is 1. The third-order valence-electron chi connectivity index (χ3n) is 6.08. The van der Waals surface area contributed by atoms with E-state index in [9.17, 15) is 19.2 Å². The summed E-state index contributed by atoms with van der Waals surface area (Å²) in [4.78, 5) is 53.3. The van der Waals surface area contributed by atoms with Crippen molar-refractivity contribution in [1.82, 2.24) is 25.8 Å². The quantitative estimate of drug-likeness (QED) is 0.207. The van der Waals surface area contributed by atoms with E-state index in [0.717, 1.165) is 42.1 Å². The van der Waals surface area contributed by atoms with E-state index in [1.54, 1.807) is 19.2 Å². The van der Waals surface area contributed by atoms with E-state index < -0.39 is 18.5 Å². The van der Waals surface area contributed by atoms with Gasteiger partial charge >= 0.3 is 12.2 Å². The number of nitrogens with one attached hydrogen (secondary N) is 5. The summed E-state index contributed by atoms with van der Waals surface area (Å²) in [7, 11) is 1.66. The highest BCUT2D eigenvalue weighted by molar-refractivity contribution is 7.15. The second kappa shape index (κ2) is 13.6. The van der Waals surface area contributed by atoms with Gasteiger partial charge in [-0.05, 0) is 56.5 Å². The summed E-state index contributed by atoms with van der Waals surface area (Å²) in [5.41, 5.74) is 2.45. The lowest BCUT2D eigenvalue weighted by molar-refractivity contribution is -0.126. The lowest BCUT2D eigenvalue weighted by Gasteiger charge is -2.30. The highest BCUT2D eigenvalue weighted by Gasteiger charge is 2.25. The van der Waals surface area contributed by atoms with Crippen LogP contribution < -0.4 is 26.6 Å². The van der Waals surface area contributed by atoms with Crippen LogP contribution in [0.15, 0.2) is 24.3 Å². The largest absolute Gasteiger partial charge is 0.465 e. The van der Waals surface area contributed by atoms with Crippen LogP contribution in [0.2, 0.25) is 0 Å². The van der Waals surface area contributed by atoms with Gasteiger partial charge in [-0.2, -0.15) is 0 Å². The van der Waals surface area contributed by atoms with Crippen LogP contribution in [-0.4, -0.2) is 70.5 Å². The number of hydrogen-bond acceptors (Lipinski definition) is 8. The molecule has 3 rings (SSSR count). The standard InChI is InChI=1S/C24H33N7O6S/c1-14(32)26-22-28-18(19(38-22)13-31-11-9-16(10-12-31)20(33)25-2)8-5-15-3-6-17(7-4-15)27-21(29-23(34)35)30-24(36)37/h3-4,6-7,16,21,27,29-30H,5,8-13H2,1-2H3,(H,25,33)(H,34,35)(H,36,37)(H,26,28,32). The van der Waals surface area contributed by atoms with E-state index in [0.29, 0.717) is 30.2 Å². The molecular weight excluding hydrogens is 514 g/mol. The first-order chi connectivity index (χ1) is 18.1. The van der Waals surface area contributed by atoms with Crippen LogP contribution in [0.5, 0.6) is 0 Å². The van der Waals surface area contributed by atoms with Crippen molar-refractivity contribution < 1.29 is 29.4 Å². The highest BCUT2D eigenvalue weighted by atomic mass is 32.1. The molecule has 206 valence electrons. The molecule has 1 aromatic heterocycles. The Balaban J connectivity index is 1.62. The van der Waals surface area contributed by atoms with E-state index in [1.807, 2.05) is 22.8 Å². The van der Waals surface area contributed by atoms with Crippen LogP contribution in [0.3, 0.4) is 0 Å². The molecule has 4 amide bonds. The van der Waals surface area contributed by atoms with Crippen LogP contribution >= 0.6 is 11.3 Å². The molecule has 0 radical (unpaired) electrons. The lowest BCUT2D eigenvalue weighted by Crippen LogP contribution is -2.52. The fourth-order valence-corrected chi connectivity index (χ4v) is 5.32. The molecule has 0 aliphatic carbocycles. The summed E-state index contributed by atoms with van der Waals surface area (Å²) >= 11 is 1.46. The van der Waals surface area contributed by atoms with Crippen molar-refractivity contribution in [3.63, 3.8) is 0 Å². The first-order valence-corrected chi connectivity index (χ1v) is 13.0. The Kier molecular flexibility index (Phi) is 10.2. The maximum absolute atomic E-state index is 11.9. The molecule has 1 saturated heterocycles. The molecule has 13 nitrogen and oxygen atoms in total. The van der Waals surface area contributed by atoms with Crippen LogP contribution in [0.4, 0.5) is 20.4 Å². The molecule has 2 heterocycles. The molecule has 38 heavy (non-hydrogen) atoms. The van der Waals surface area contributed by atoms with E-state index in [1.165, 1.54) is 18.3 Å². The second-order valence-electron chi connectivity index (χ2n) is 8.91. The maximum atomic E-state index is 11.9. The van der Waals surface area contributed by atoms with Crippen molar-refractivity contribution in [3.8, 4) is 0 Å². The molecule has 0 bridgehead atoms. The van der Waals surface area contributed by atoms with Crippen LogP contribution in [0, 0.1) is 5.92 Å². The predicted octanol–water partition coefficient (Wildman–Crippen LogP) is 2.08. The first kappa shape index (κ1) is 28.7. The number of aryl methyl sites for hydroxylation is 2. The van der Waals surface area contributed by atoms with Crippen molar-refractivity contribution >= 4 is 46.2 Å². The average molecular weight is 548 g/mol. The number of thiazole rings is 1. The van der Waals surface area contributed by atoms with E-state index in [2.05, 4.69) is 25.8 Å². The first-order valence-electron chi connectivity index (χ1n) is 12.2. The summed E-state index contributed by atoms with van der Waals surface area (Å²) in [5, 5.41) is 30.7. The fraction of sp³-hybridized carbons (Fsp3) is 0.458. The van der Waals surface area contributed by atoms with Crippen molar-refractivity contribution in [1.29, 1.82) is 0 Å². The number of carbonyl (C=O) groups excluding carboxylic acids is 2. The van der Waals surface area contributed by atoms with Gasteiger partial charge < -0.3 is 26.2 Å². The van der Waals surface area contributed by atoms with Crippen molar-refractivity contribution in [2.24, 2.45) is 5.92 Å². The topological polar surface area (TPSA) is 185 Å². The molecule has 0 unspecified atom stereocenters. The molecule has 0 saturated carbocycles. The summed E-state index contributed by atoms with van der Waals surface area (Å²) in [6.07, 6.45) is -1.02. The summed E-state index contributed by atoms with van der Waals surface area (Å²) < 4.78 is 0. The second-order valence-corrected chi connectivity index (χ2v) is 9.99. The molecule has 7 N–H and O–H groups in total. The number of rotatable bonds is 11. The number of piperidine rings is 1. The molecule has 0 atom stereocenters. The number of likely N-dealkylation sites (tertiary alicyclic amines) is 1. The molecule has 1 fully saturated rings. The fourth-order valence-electron chi connectivity index (χ4n) is 4.22. The van der Waals surface area contributed by atoms with E-state index in [4.69, 9.17) is 10.2 Å². The van der Waals surface area contributed by atoms with Crippen molar-refractivity contribution in [2.45, 2.75) is 45.4 Å². The zero-order valence-electron chi connectivity index (χ0n) is 21.2. The van der Waals surface area contributed by atoms with Gasteiger partial charge in [0.05, 0.1) is 5.69 Å². The molecule has 2 aromatic rings. The number of benzene rings is 1. The maximum Gasteiger partial charge on any atom is 0.407 e. The zero-order valence-corrected chi connectivity index (χ0v) is 22.1. The minimum Gasteiger partial charge on any atom is -0.465 e. The number of carboxylic acid groups (broad SMARTS) is 2. The molecule has 1 aliphatic rings. The SMILES string of the molecule is CNC(=O)C1CCN(Cc2sc(NC(C)=O)nc2CCc2ccc(NC(NC(=O)O)NC(=O)O)cc2)CC1. The normalized spacial score (nSPS) is 14.1. The van der Waals surface area contributed by atoms with Gasteiger partial charge in [-0.15, -0.1) is 11.3 Å². The summed E-state index contributed by atoms with van der Waals surface area (Å²) in [6, 6.07) is 7.20. The monoisotopic (exact) mass is 547 g/mol. The predicted molar refractivity (Wildman–Crippen MR) is 142 cm³/mol. The van der Waals surface area contributed by atoms with Crippen molar-refractivity contribution in [2.75, 3.05) is 30.8 Å². The summed E-state index contributed by atoms with van der Waals surface area (Å²) in [6.45, 7) is 3.77. The van der Waals surface area contributed by atoms with Gasteiger partial charge in [-0.3, -0.25) is 25.1 Å². The Bertz CT molecular complexity index is 1120. The van der Waals surface area contributed by atoms with E-state index in [-0.39, 0.29) is 17.7 Å². The van der Waals surface area contributed by atoms with Gasteiger partial charge in [0.15, 0.2) is 11.4 Å². The molecular formula is C24H33N7O6S. The Morgan fingerprint density at radius 1 is 1.05 bits per heavy atom. The Morgan fingerprint density at radius 3 is 2.24 bits per heavy atom.